The molecule has 2 aliphatic rings. The molecule has 0 aromatic carbocycles. The summed E-state index contributed by atoms with van der Waals surface area (Å²) >= 11 is 6.26. The van der Waals surface area contributed by atoms with Crippen LogP contribution in [0, 0.1) is 0 Å². The number of ether oxygens (including phenoxy) is 1. The molecule has 10 heteroatoms. The van der Waals surface area contributed by atoms with E-state index in [1.807, 2.05) is 46.4 Å². The molecule has 1 aromatic rings. The second-order valence-corrected chi connectivity index (χ2v) is 11.9. The predicted molar refractivity (Wildman–Crippen MR) is 137 cm³/mol. The maximum Gasteiger partial charge on any atom is 0.410 e. The van der Waals surface area contributed by atoms with Crippen LogP contribution in [0.1, 0.15) is 72.6 Å². The van der Waals surface area contributed by atoms with E-state index in [-0.39, 0.29) is 42.4 Å². The highest BCUT2D eigenvalue weighted by atomic mass is 35.5. The minimum absolute atomic E-state index is 0.0645. The summed E-state index contributed by atoms with van der Waals surface area (Å²) in [6, 6.07) is 0.996. The number of hydrogen-bond acceptors (Lipinski definition) is 5. The van der Waals surface area contributed by atoms with Gasteiger partial charge in [0, 0.05) is 61.2 Å². The summed E-state index contributed by atoms with van der Waals surface area (Å²) in [5.41, 5.74) is -0.156. The number of amides is 2. The zero-order valence-corrected chi connectivity index (χ0v) is 23.2. The van der Waals surface area contributed by atoms with Crippen molar-refractivity contribution in [3.05, 3.63) is 23.5 Å². The Labute approximate surface area is 218 Å². The van der Waals surface area contributed by atoms with Crippen molar-refractivity contribution in [1.29, 1.82) is 0 Å². The lowest BCUT2D eigenvalue weighted by Gasteiger charge is -2.44. The van der Waals surface area contributed by atoms with Gasteiger partial charge in [-0.2, -0.15) is 0 Å². The fourth-order valence-corrected chi connectivity index (χ4v) is 5.19. The van der Waals surface area contributed by atoms with E-state index in [0.29, 0.717) is 37.4 Å². The smallest absolute Gasteiger partial charge is 0.410 e. The Morgan fingerprint density at radius 1 is 1.25 bits per heavy atom. The van der Waals surface area contributed by atoms with Gasteiger partial charge < -0.3 is 14.5 Å². The molecule has 0 saturated carbocycles. The molecule has 0 radical (unpaired) electrons. The zero-order valence-electron chi connectivity index (χ0n) is 22.4. The van der Waals surface area contributed by atoms with Gasteiger partial charge in [-0.25, -0.2) is 13.6 Å². The number of alkyl halides is 3. The number of pyridine rings is 1. The Kier molecular flexibility index (Phi) is 8.25. The molecule has 2 amide bonds. The third-order valence-electron chi connectivity index (χ3n) is 6.74. The van der Waals surface area contributed by atoms with Crippen LogP contribution in [0.25, 0.3) is 0 Å². The average Bonchev–Trinajstić information content (AvgIpc) is 3.03. The second kappa shape index (κ2) is 10.4. The number of halogens is 3. The molecule has 1 aromatic heterocycles. The number of aromatic nitrogens is 1. The number of carbonyl (C=O) groups excluding carboxylic acids is 2. The third kappa shape index (κ3) is 6.10. The number of nitrogens with zero attached hydrogens (tertiary/aromatic N) is 4. The molecule has 2 unspecified atom stereocenters. The summed E-state index contributed by atoms with van der Waals surface area (Å²) < 4.78 is 34.8. The second-order valence-electron chi connectivity index (χ2n) is 11.6. The molecule has 7 nitrogen and oxygen atoms in total. The molecule has 0 N–H and O–H groups in total. The zero-order chi connectivity index (χ0) is 27.1. The van der Waals surface area contributed by atoms with Crippen molar-refractivity contribution < 1.29 is 23.1 Å². The highest BCUT2D eigenvalue weighted by molar-refractivity contribution is 6.18. The number of carbonyl (C=O) groups is 2. The minimum Gasteiger partial charge on any atom is -0.444 e. The first-order valence-corrected chi connectivity index (χ1v) is 13.1. The fraction of sp³-hybridized carbons (Fsp3) is 0.731. The van der Waals surface area contributed by atoms with Crippen LogP contribution in [0.15, 0.2) is 12.3 Å². The Morgan fingerprint density at radius 3 is 2.50 bits per heavy atom. The van der Waals surface area contributed by atoms with E-state index in [2.05, 4.69) is 4.98 Å². The Hall–Kier alpha value is -2.00. The van der Waals surface area contributed by atoms with Crippen molar-refractivity contribution in [2.45, 2.75) is 90.3 Å². The summed E-state index contributed by atoms with van der Waals surface area (Å²) in [6.45, 7) is 14.2. The molecule has 0 aliphatic carbocycles. The van der Waals surface area contributed by atoms with Crippen LogP contribution >= 0.6 is 11.6 Å². The molecular formula is C26H39ClF2N4O3. The van der Waals surface area contributed by atoms with E-state index < -0.39 is 23.0 Å². The number of rotatable bonds is 6. The normalized spacial score (nSPS) is 22.5. The molecule has 2 atom stereocenters. The first kappa shape index (κ1) is 28.6. The van der Waals surface area contributed by atoms with Gasteiger partial charge >= 0.3 is 6.09 Å². The van der Waals surface area contributed by atoms with Crippen molar-refractivity contribution in [1.82, 2.24) is 14.8 Å². The maximum atomic E-state index is 14.7. The standard InChI is InChI=1S/C26H39ClF2N4O3/c1-8-9-26(28,29)18-10-20-22(30-12-18)25(6,7)16-33(20)21(34)15-31-13-17(2)32(14-19(31)11-27)23(35)36-24(3,4)5/h10,12,17,19H,8-9,11,13-16H2,1-7H3. The predicted octanol–water partition coefficient (Wildman–Crippen LogP) is 5.15. The Balaban J connectivity index is 1.79. The Morgan fingerprint density at radius 2 is 1.92 bits per heavy atom. The molecule has 3 rings (SSSR count). The van der Waals surface area contributed by atoms with Gasteiger partial charge in [0.25, 0.3) is 5.92 Å². The first-order valence-electron chi connectivity index (χ1n) is 12.6. The van der Waals surface area contributed by atoms with Crippen LogP contribution in [0.2, 0.25) is 0 Å². The van der Waals surface area contributed by atoms with E-state index in [9.17, 15) is 18.4 Å². The molecule has 1 fully saturated rings. The van der Waals surface area contributed by atoms with Crippen LogP contribution in [0.3, 0.4) is 0 Å². The van der Waals surface area contributed by atoms with Crippen molar-refractivity contribution in [3.63, 3.8) is 0 Å². The highest BCUT2D eigenvalue weighted by Crippen LogP contribution is 2.42. The molecule has 1 saturated heterocycles. The van der Waals surface area contributed by atoms with Gasteiger partial charge in [0.15, 0.2) is 0 Å². The van der Waals surface area contributed by atoms with Crippen molar-refractivity contribution >= 4 is 29.3 Å². The van der Waals surface area contributed by atoms with E-state index >= 15 is 0 Å². The van der Waals surface area contributed by atoms with Crippen molar-refractivity contribution in [2.24, 2.45) is 0 Å². The molecular weight excluding hydrogens is 490 g/mol. The van der Waals surface area contributed by atoms with Crippen molar-refractivity contribution in [3.8, 4) is 0 Å². The Bertz CT molecular complexity index is 982. The largest absolute Gasteiger partial charge is 0.444 e. The summed E-state index contributed by atoms with van der Waals surface area (Å²) in [7, 11) is 0. The topological polar surface area (TPSA) is 66.0 Å². The molecule has 202 valence electrons. The lowest BCUT2D eigenvalue weighted by Crippen LogP contribution is -2.61. The molecule has 3 heterocycles. The van der Waals surface area contributed by atoms with Gasteiger partial charge in [-0.3, -0.25) is 14.7 Å². The van der Waals surface area contributed by atoms with Crippen LogP contribution in [0.4, 0.5) is 19.3 Å². The number of fused-ring (bicyclic) bond motifs is 1. The van der Waals surface area contributed by atoms with Crippen LogP contribution in [-0.4, -0.2) is 76.5 Å². The quantitative estimate of drug-likeness (QED) is 0.478. The summed E-state index contributed by atoms with van der Waals surface area (Å²) in [5.74, 6) is -2.97. The highest BCUT2D eigenvalue weighted by Gasteiger charge is 2.43. The van der Waals surface area contributed by atoms with Crippen LogP contribution < -0.4 is 4.90 Å². The summed E-state index contributed by atoms with van der Waals surface area (Å²) in [4.78, 5) is 35.8. The summed E-state index contributed by atoms with van der Waals surface area (Å²) in [5, 5.41) is 0. The monoisotopic (exact) mass is 528 g/mol. The number of anilines is 1. The lowest BCUT2D eigenvalue weighted by molar-refractivity contribution is -0.121. The lowest BCUT2D eigenvalue weighted by atomic mass is 9.91. The van der Waals surface area contributed by atoms with Gasteiger partial charge in [0.05, 0.1) is 17.9 Å². The summed E-state index contributed by atoms with van der Waals surface area (Å²) in [6.07, 6.45) is 0.900. The van der Waals surface area contributed by atoms with E-state index in [4.69, 9.17) is 16.3 Å². The van der Waals surface area contributed by atoms with Gasteiger partial charge in [0.2, 0.25) is 5.91 Å². The number of piperazine rings is 1. The maximum absolute atomic E-state index is 14.7. The SMILES string of the molecule is CCCC(F)(F)c1cnc2c(c1)N(C(=O)CN1CC(C)N(C(=O)OC(C)(C)C)CC1CCl)CC2(C)C. The van der Waals surface area contributed by atoms with Gasteiger partial charge in [0.1, 0.15) is 5.60 Å². The van der Waals surface area contributed by atoms with E-state index in [0.717, 1.165) is 0 Å². The fourth-order valence-electron chi connectivity index (χ4n) is 4.90. The average molecular weight is 529 g/mol. The third-order valence-corrected chi connectivity index (χ3v) is 7.10. The van der Waals surface area contributed by atoms with Gasteiger partial charge in [-0.15, -0.1) is 11.6 Å². The molecule has 0 spiro atoms. The van der Waals surface area contributed by atoms with E-state index in [1.54, 1.807) is 16.7 Å². The van der Waals surface area contributed by atoms with Gasteiger partial charge in [-0.1, -0.05) is 27.2 Å². The minimum atomic E-state index is -3.00. The number of hydrogen-bond donors (Lipinski definition) is 0. The van der Waals surface area contributed by atoms with Crippen LogP contribution in [0.5, 0.6) is 0 Å². The van der Waals surface area contributed by atoms with Crippen molar-refractivity contribution in [2.75, 3.05) is 37.0 Å². The van der Waals surface area contributed by atoms with Crippen LogP contribution in [-0.2, 0) is 20.9 Å². The molecule has 2 aliphatic heterocycles. The van der Waals surface area contributed by atoms with E-state index in [1.165, 1.54) is 12.3 Å². The van der Waals surface area contributed by atoms with Gasteiger partial charge in [-0.05, 0) is 33.8 Å². The molecule has 0 bridgehead atoms. The molecule has 36 heavy (non-hydrogen) atoms. The first-order chi connectivity index (χ1) is 16.6.